The molecule has 4 aromatic carbocycles. The van der Waals surface area contributed by atoms with Crippen LogP contribution in [0, 0.1) is 0 Å². The summed E-state index contributed by atoms with van der Waals surface area (Å²) in [5, 5.41) is 3.61. The van der Waals surface area contributed by atoms with E-state index in [-0.39, 0.29) is 0 Å². The van der Waals surface area contributed by atoms with Crippen molar-refractivity contribution in [2.24, 2.45) is 0 Å². The van der Waals surface area contributed by atoms with Crippen LogP contribution in [0.4, 0.5) is 11.4 Å². The molecule has 0 amide bonds. The third-order valence-corrected chi connectivity index (χ3v) is 7.15. The van der Waals surface area contributed by atoms with E-state index >= 15 is 0 Å². The molecule has 0 atom stereocenters. The molecule has 3 heteroatoms. The predicted octanol–water partition coefficient (Wildman–Crippen LogP) is 7.71. The van der Waals surface area contributed by atoms with Gasteiger partial charge in [-0.15, -0.1) is 0 Å². The molecule has 0 saturated carbocycles. The summed E-state index contributed by atoms with van der Waals surface area (Å²) in [4.78, 5) is 5.26. The van der Waals surface area contributed by atoms with Crippen LogP contribution in [-0.4, -0.2) is 0 Å². The minimum absolute atomic E-state index is 1.10. The normalized spacial score (nSPS) is 12.1. The summed E-state index contributed by atoms with van der Waals surface area (Å²) < 4.78 is 0. The van der Waals surface area contributed by atoms with Gasteiger partial charge in [-0.3, -0.25) is 0 Å². The largest absolute Gasteiger partial charge is 0.355 e. The van der Waals surface area contributed by atoms with Crippen molar-refractivity contribution in [3.63, 3.8) is 0 Å². The Kier molecular flexibility index (Phi) is 4.40. The minimum Gasteiger partial charge on any atom is -0.355 e. The first-order valence-corrected chi connectivity index (χ1v) is 10.5. The van der Waals surface area contributed by atoms with Crippen molar-refractivity contribution in [1.29, 1.82) is 0 Å². The van der Waals surface area contributed by atoms with Gasteiger partial charge in [0.2, 0.25) is 0 Å². The summed E-state index contributed by atoms with van der Waals surface area (Å²) in [6.07, 6.45) is 0. The summed E-state index contributed by atoms with van der Waals surface area (Å²) in [7, 11) is 0. The maximum Gasteiger partial charge on any atom is 0.0537 e. The third kappa shape index (κ3) is 3.36. The maximum atomic E-state index is 3.61. The number of anilines is 2. The van der Waals surface area contributed by atoms with Crippen LogP contribution in [0.25, 0.3) is 11.1 Å². The lowest BCUT2D eigenvalue weighted by Gasteiger charge is -2.21. The van der Waals surface area contributed by atoms with Crippen molar-refractivity contribution in [3.05, 3.63) is 97.1 Å². The molecule has 0 saturated heterocycles. The first-order chi connectivity index (χ1) is 13.4. The minimum atomic E-state index is 1.10. The first kappa shape index (κ1) is 16.5. The fourth-order valence-electron chi connectivity index (χ4n) is 3.18. The smallest absolute Gasteiger partial charge is 0.0537 e. The van der Waals surface area contributed by atoms with E-state index in [1.807, 2.05) is 29.6 Å². The van der Waals surface area contributed by atoms with Gasteiger partial charge in [-0.2, -0.15) is 0 Å². The molecule has 1 heterocycles. The highest BCUT2D eigenvalue weighted by molar-refractivity contribution is 8.05. The molecule has 0 aliphatic carbocycles. The third-order valence-electron chi connectivity index (χ3n) is 4.53. The zero-order valence-corrected chi connectivity index (χ0v) is 16.2. The topological polar surface area (TPSA) is 12.0 Å². The molecule has 5 rings (SSSR count). The highest BCUT2D eigenvalue weighted by Crippen LogP contribution is 2.51. The average Bonchev–Trinajstić information content (AvgIpc) is 2.74. The Morgan fingerprint density at radius 1 is 0.481 bits per heavy atom. The molecule has 0 radical (unpaired) electrons. The lowest BCUT2D eigenvalue weighted by molar-refractivity contribution is 1.16. The number of benzene rings is 4. The molecule has 130 valence electrons. The number of hydrogen-bond acceptors (Lipinski definition) is 3. The number of nitrogens with one attached hydrogen (secondary N) is 1. The van der Waals surface area contributed by atoms with Crippen molar-refractivity contribution in [2.45, 2.75) is 19.6 Å². The predicted molar refractivity (Wildman–Crippen MR) is 116 cm³/mol. The molecular weight excluding hydrogens is 366 g/mol. The maximum absolute atomic E-state index is 3.61. The SMILES string of the molecule is c1ccc(-c2ccc(Nc3cccc4c3Sc3ccccc3S4)cc2)cc1. The second-order valence-corrected chi connectivity index (χ2v) is 8.49. The lowest BCUT2D eigenvalue weighted by Crippen LogP contribution is -1.96. The summed E-state index contributed by atoms with van der Waals surface area (Å²) in [6, 6.07) is 34.2. The van der Waals surface area contributed by atoms with E-state index in [0.717, 1.165) is 11.4 Å². The van der Waals surface area contributed by atoms with Crippen LogP contribution < -0.4 is 5.32 Å². The highest BCUT2D eigenvalue weighted by atomic mass is 32.2. The van der Waals surface area contributed by atoms with Gasteiger partial charge >= 0.3 is 0 Å². The second kappa shape index (κ2) is 7.18. The van der Waals surface area contributed by atoms with E-state index in [9.17, 15) is 0 Å². The Hall–Kier alpha value is -2.62. The molecule has 27 heavy (non-hydrogen) atoms. The number of rotatable bonds is 3. The Labute approximate surface area is 167 Å². The van der Waals surface area contributed by atoms with Crippen LogP contribution in [0.2, 0.25) is 0 Å². The summed E-state index contributed by atoms with van der Waals surface area (Å²) in [5.74, 6) is 0. The van der Waals surface area contributed by atoms with E-state index in [1.165, 1.54) is 30.7 Å². The molecule has 4 aromatic rings. The van der Waals surface area contributed by atoms with Crippen molar-refractivity contribution in [3.8, 4) is 11.1 Å². The van der Waals surface area contributed by atoms with Gasteiger partial charge < -0.3 is 5.32 Å². The van der Waals surface area contributed by atoms with Gasteiger partial charge in [-0.1, -0.05) is 84.2 Å². The van der Waals surface area contributed by atoms with E-state index in [4.69, 9.17) is 0 Å². The molecule has 0 spiro atoms. The summed E-state index contributed by atoms with van der Waals surface area (Å²) in [5.41, 5.74) is 4.74. The Balaban J connectivity index is 1.43. The second-order valence-electron chi connectivity index (χ2n) is 6.35. The van der Waals surface area contributed by atoms with Gasteiger partial charge in [-0.05, 0) is 47.5 Å². The molecule has 1 N–H and O–H groups in total. The molecule has 1 aliphatic heterocycles. The Bertz CT molecular complexity index is 1090. The van der Waals surface area contributed by atoms with Crippen LogP contribution >= 0.6 is 23.5 Å². The molecule has 0 bridgehead atoms. The quantitative estimate of drug-likeness (QED) is 0.342. The van der Waals surface area contributed by atoms with Crippen LogP contribution in [0.3, 0.4) is 0 Å². The van der Waals surface area contributed by atoms with Crippen molar-refractivity contribution in [2.75, 3.05) is 5.32 Å². The Morgan fingerprint density at radius 3 is 1.89 bits per heavy atom. The molecule has 0 aromatic heterocycles. The monoisotopic (exact) mass is 383 g/mol. The summed E-state index contributed by atoms with van der Waals surface area (Å²) in [6.45, 7) is 0. The van der Waals surface area contributed by atoms with E-state index < -0.39 is 0 Å². The van der Waals surface area contributed by atoms with Crippen molar-refractivity contribution < 1.29 is 0 Å². The van der Waals surface area contributed by atoms with Gasteiger partial charge in [0, 0.05) is 25.3 Å². The number of fused-ring (bicyclic) bond motifs is 2. The molecule has 1 nitrogen and oxygen atoms in total. The fourth-order valence-corrected chi connectivity index (χ4v) is 5.51. The van der Waals surface area contributed by atoms with Gasteiger partial charge in [0.15, 0.2) is 0 Å². The Morgan fingerprint density at radius 2 is 1.11 bits per heavy atom. The van der Waals surface area contributed by atoms with Crippen LogP contribution in [-0.2, 0) is 0 Å². The number of hydrogen-bond donors (Lipinski definition) is 1. The van der Waals surface area contributed by atoms with Crippen LogP contribution in [0.15, 0.2) is 117 Å². The highest BCUT2D eigenvalue weighted by Gasteiger charge is 2.19. The standard InChI is InChI=1S/C24H17NS2/c1-2-7-17(8-3-1)18-13-15-19(16-14-18)25-20-9-6-12-23-24(20)27-22-11-5-4-10-21(22)26-23/h1-16,25H. The lowest BCUT2D eigenvalue weighted by atomic mass is 10.1. The zero-order chi connectivity index (χ0) is 18.1. The van der Waals surface area contributed by atoms with E-state index in [0.29, 0.717) is 0 Å². The van der Waals surface area contributed by atoms with E-state index in [1.54, 1.807) is 0 Å². The molecular formula is C24H17NS2. The molecule has 0 fully saturated rings. The van der Waals surface area contributed by atoms with Crippen LogP contribution in [0.1, 0.15) is 0 Å². The average molecular weight is 384 g/mol. The molecule has 0 unspecified atom stereocenters. The van der Waals surface area contributed by atoms with Crippen LogP contribution in [0.5, 0.6) is 0 Å². The van der Waals surface area contributed by atoms with Gasteiger partial charge in [-0.25, -0.2) is 0 Å². The van der Waals surface area contributed by atoms with Gasteiger partial charge in [0.1, 0.15) is 0 Å². The van der Waals surface area contributed by atoms with Gasteiger partial charge in [0.05, 0.1) is 5.69 Å². The first-order valence-electron chi connectivity index (χ1n) is 8.87. The van der Waals surface area contributed by atoms with Crippen molar-refractivity contribution >= 4 is 34.9 Å². The zero-order valence-electron chi connectivity index (χ0n) is 14.6. The fraction of sp³-hybridized carbons (Fsp3) is 0. The van der Waals surface area contributed by atoms with Crippen molar-refractivity contribution in [1.82, 2.24) is 0 Å². The van der Waals surface area contributed by atoms with E-state index in [2.05, 4.69) is 96.3 Å². The van der Waals surface area contributed by atoms with Gasteiger partial charge in [0.25, 0.3) is 0 Å². The summed E-state index contributed by atoms with van der Waals surface area (Å²) >= 11 is 3.69. The molecule has 1 aliphatic rings.